The van der Waals surface area contributed by atoms with E-state index >= 15 is 0 Å². The average Bonchev–Trinajstić information content (AvgIpc) is 1.69. The van der Waals surface area contributed by atoms with Crippen LogP contribution in [0.5, 0.6) is 0 Å². The highest BCUT2D eigenvalue weighted by Gasteiger charge is 2.43. The van der Waals surface area contributed by atoms with Crippen LogP contribution in [0.15, 0.2) is 0 Å². The number of nitrogens with one attached hydrogen (secondary N) is 8. The van der Waals surface area contributed by atoms with Crippen LogP contribution in [-0.4, -0.2) is 331 Å². The van der Waals surface area contributed by atoms with Crippen molar-refractivity contribution in [2.75, 3.05) is 237 Å². The Labute approximate surface area is 899 Å². The number of nitriles is 1. The van der Waals surface area contributed by atoms with Crippen LogP contribution >= 0.6 is 0 Å². The highest BCUT2D eigenvalue weighted by Crippen LogP contribution is 2.33. The van der Waals surface area contributed by atoms with E-state index in [-0.39, 0.29) is 51.1 Å². The summed E-state index contributed by atoms with van der Waals surface area (Å²) in [6, 6.07) is 2.03. The molecule has 1 unspecified atom stereocenters. The van der Waals surface area contributed by atoms with Crippen molar-refractivity contribution < 1.29 is 52.3 Å². The predicted octanol–water partition coefficient (Wildman–Crippen LogP) is 22.1. The highest BCUT2D eigenvalue weighted by molar-refractivity contribution is 5.81. The molecule has 2 saturated carbocycles. The summed E-state index contributed by atoms with van der Waals surface area (Å²) >= 11 is 0. The lowest BCUT2D eigenvalue weighted by Gasteiger charge is -2.35. The van der Waals surface area contributed by atoms with Crippen molar-refractivity contribution >= 4 is 23.9 Å². The fourth-order valence-electron chi connectivity index (χ4n) is 15.5. The maximum atomic E-state index is 11.8. The van der Waals surface area contributed by atoms with Gasteiger partial charge in [0.2, 0.25) is 5.91 Å². The molecule has 0 aromatic carbocycles. The van der Waals surface area contributed by atoms with E-state index in [2.05, 4.69) is 323 Å². The van der Waals surface area contributed by atoms with E-state index < -0.39 is 11.1 Å². The average molecular weight is 2070 g/mol. The van der Waals surface area contributed by atoms with Gasteiger partial charge < -0.3 is 100 Å². The molecular formula is C119H249N15O11. The maximum absolute atomic E-state index is 11.8. The van der Waals surface area contributed by atoms with Crippen molar-refractivity contribution in [2.45, 2.75) is 446 Å². The molecule has 0 aromatic heterocycles. The van der Waals surface area contributed by atoms with Gasteiger partial charge in [0, 0.05) is 131 Å². The maximum Gasteiger partial charge on any atom is 0.407 e. The first kappa shape index (κ1) is 148. The normalized spacial score (nSPS) is 17.0. The molecule has 26 heteroatoms. The fraction of sp³-hybridized carbons (Fsp3) is 0.958. The number of hydrogen-bond donors (Lipinski definition) is 8. The van der Waals surface area contributed by atoms with Crippen LogP contribution in [-0.2, 0) is 47.5 Å². The van der Waals surface area contributed by atoms with Crippen LogP contribution in [0.2, 0.25) is 0 Å². The Kier molecular flexibility index (Phi) is 79.3. The molecule has 866 valence electrons. The first-order chi connectivity index (χ1) is 66.4. The van der Waals surface area contributed by atoms with Crippen molar-refractivity contribution in [3.63, 3.8) is 0 Å². The second-order valence-electron chi connectivity index (χ2n) is 56.4. The molecule has 2 aliphatic carbocycles. The number of nitrogens with zero attached hydrogens (tertiary/aromatic N) is 7. The van der Waals surface area contributed by atoms with E-state index in [1.165, 1.54) is 124 Å². The molecule has 145 heavy (non-hydrogen) atoms. The number of likely N-dealkylation sites (tertiary alicyclic amines) is 2. The molecule has 4 saturated heterocycles. The Bertz CT molecular complexity index is 3150. The molecule has 0 aromatic rings. The number of amides is 2. The van der Waals surface area contributed by atoms with Crippen LogP contribution in [0.1, 0.15) is 406 Å². The Morgan fingerprint density at radius 1 is 0.476 bits per heavy atom. The zero-order valence-corrected chi connectivity index (χ0v) is 104. The number of piperazine rings is 1. The molecule has 4 heterocycles. The minimum absolute atomic E-state index is 0.00595. The van der Waals surface area contributed by atoms with E-state index in [9.17, 15) is 19.2 Å². The van der Waals surface area contributed by atoms with Gasteiger partial charge in [0.25, 0.3) is 0 Å². The van der Waals surface area contributed by atoms with Gasteiger partial charge in [0.05, 0.1) is 62.8 Å². The van der Waals surface area contributed by atoms with Crippen molar-refractivity contribution in [1.29, 1.82) is 5.26 Å². The first-order valence-electron chi connectivity index (χ1n) is 57.4. The minimum atomic E-state index is -0.426. The first-order valence-corrected chi connectivity index (χ1v) is 57.4. The van der Waals surface area contributed by atoms with Gasteiger partial charge in [0.1, 0.15) is 16.7 Å². The van der Waals surface area contributed by atoms with Gasteiger partial charge in [-0.05, 0) is 340 Å². The monoisotopic (exact) mass is 2060 g/mol. The van der Waals surface area contributed by atoms with E-state index in [1.54, 1.807) is 0 Å². The van der Waals surface area contributed by atoms with Gasteiger partial charge in [-0.25, -0.2) is 4.79 Å². The lowest BCUT2D eigenvalue weighted by atomic mass is 9.92. The molecule has 0 spiro atoms. The van der Waals surface area contributed by atoms with E-state index in [0.717, 1.165) is 207 Å². The van der Waals surface area contributed by atoms with Crippen LogP contribution in [0.3, 0.4) is 0 Å². The fourth-order valence-corrected chi connectivity index (χ4v) is 15.5. The summed E-state index contributed by atoms with van der Waals surface area (Å²) in [5, 5.41) is 34.4. The number of alkyl carbamates (subject to hydrolysis) is 1. The Morgan fingerprint density at radius 3 is 1.33 bits per heavy atom. The van der Waals surface area contributed by atoms with Crippen molar-refractivity contribution in [2.24, 2.45) is 61.1 Å². The molecule has 6 rings (SSSR count). The number of esters is 2. The van der Waals surface area contributed by atoms with E-state index in [1.807, 2.05) is 52.5 Å². The molecule has 2 amide bonds. The van der Waals surface area contributed by atoms with E-state index in [0.29, 0.717) is 77.2 Å². The Balaban J connectivity index is -0.000000769. The van der Waals surface area contributed by atoms with Crippen LogP contribution in [0, 0.1) is 72.4 Å². The van der Waals surface area contributed by atoms with Gasteiger partial charge in [-0.2, -0.15) is 5.26 Å². The summed E-state index contributed by atoms with van der Waals surface area (Å²) in [7, 11) is 5.77. The van der Waals surface area contributed by atoms with Crippen molar-refractivity contribution in [3.05, 3.63) is 0 Å². The second kappa shape index (κ2) is 77.8. The van der Waals surface area contributed by atoms with Crippen LogP contribution in [0.25, 0.3) is 0 Å². The second-order valence-corrected chi connectivity index (χ2v) is 56.4. The molecule has 26 nitrogen and oxygen atoms in total. The van der Waals surface area contributed by atoms with Crippen molar-refractivity contribution in [3.8, 4) is 6.07 Å². The smallest absolute Gasteiger partial charge is 0.407 e. The van der Waals surface area contributed by atoms with Gasteiger partial charge in [-0.1, -0.05) is 200 Å². The Hall–Kier alpha value is -3.47. The summed E-state index contributed by atoms with van der Waals surface area (Å²) in [4.78, 5) is 60.5. The van der Waals surface area contributed by atoms with Crippen LogP contribution in [0.4, 0.5) is 4.79 Å². The summed E-state index contributed by atoms with van der Waals surface area (Å²) in [6.45, 7) is 122. The van der Waals surface area contributed by atoms with Gasteiger partial charge in [-0.15, -0.1) is 0 Å². The van der Waals surface area contributed by atoms with Crippen molar-refractivity contribution in [1.82, 2.24) is 71.9 Å². The largest absolute Gasteiger partial charge is 0.468 e. The summed E-state index contributed by atoms with van der Waals surface area (Å²) < 4.78 is 37.9. The Morgan fingerprint density at radius 2 is 0.931 bits per heavy atom. The summed E-state index contributed by atoms with van der Waals surface area (Å²) in [5.41, 5.74) is 1.50. The molecule has 0 bridgehead atoms. The molecule has 6 fully saturated rings. The number of rotatable bonds is 45. The molecule has 8 N–H and O–H groups in total. The number of ether oxygens (including phenoxy) is 7. The standard InChI is InChI=1S/C18H36N2O3.C15H33N3O.C12H24N2O.C12H23NO2.C12H25NO2.C12H25N.C11H25NO.C10H21NO.C10H23N.C7H14N2/c1-17(2,3)22-14-13-20-11-8-15(9-12-20)7-10-19-16(21)23-18(4,5)6;1-15(2,3)19-14-13-18-11-9-17(10-12-18)8-6-7-16(4)5;1-12(2,3)10-13-7-5-9-14-8-4-6-11(14)15;1-11(2,3)9-13-12(10(14)15-4)7-5-6-8-12;1-11(2,3)9-13-8-7-10(14)15-12(4,5)6;1-5-8-13(9-11-6-7-11)10-12(2,3)4;1-10(2)13-8-6-7-12-9-11(3,4)5;1-10(2,3)8-11-7-9-5-4-6-12-9;1-9(2)6-7-11-8-10(3,4)5;1-7(2,3)6-9-5-4-8/h15H,7-14H2,1-6H3,(H,19,21);6-14H2,1-5H3;13H,4-10H2,1-3H3;13H,5-9H2,1-4H3;13H,7-9H2,1-6H3;11H,5-10H2,1-4H3;10,12H,6-9H2,1-5H3;9,11H,4-8H2,1-3H3;9,11H,6-8H2,1-5H3;9H,5-6H2,1-3H3. The highest BCUT2D eigenvalue weighted by atomic mass is 16.6. The molecular weight excluding hydrogens is 1820 g/mol. The van der Waals surface area contributed by atoms with Gasteiger partial charge in [-0.3, -0.25) is 19.3 Å². The number of hydrogen-bond acceptors (Lipinski definition) is 24. The SMILES string of the molecule is CC(C)(C)CNCC#N.CC(C)(C)CNCC1CCCO1.CC(C)(C)CNCCC(=O)OC(C)(C)C.CC(C)(C)CNCCCN1CCCC1=O.CC(C)(C)OCCN1CCC(CCNC(=O)OC(C)(C)C)CC1.CC(C)CCNCC(C)(C)C.CC(C)OCCCNCC(C)(C)C.CCCN(CC1CC1)CC(C)(C)C.CN(C)CCCN1CCN(CCOC(C)(C)C)CC1.COC(=O)C1(NCC(C)(C)C)CCCC1. The molecule has 6 aliphatic rings. The summed E-state index contributed by atoms with van der Waals surface area (Å²) in [5.74, 6) is 2.67. The van der Waals surface area contributed by atoms with E-state index in [4.69, 9.17) is 38.4 Å². The van der Waals surface area contributed by atoms with Gasteiger partial charge in [0.15, 0.2) is 0 Å². The number of carbonyl (C=O) groups excluding carboxylic acids is 4. The zero-order chi connectivity index (χ0) is 112. The third kappa shape index (κ3) is 110. The summed E-state index contributed by atoms with van der Waals surface area (Å²) in [6.07, 6.45) is 21.7. The molecule has 4 aliphatic heterocycles. The topological polar surface area (TPSA) is 272 Å². The lowest BCUT2D eigenvalue weighted by Crippen LogP contribution is -2.52. The molecule has 1 atom stereocenters. The number of methoxy groups -OCH3 is 1. The molecule has 0 radical (unpaired) electrons. The third-order valence-electron chi connectivity index (χ3n) is 23.1. The quantitative estimate of drug-likeness (QED) is 0.0122. The third-order valence-corrected chi connectivity index (χ3v) is 23.1. The van der Waals surface area contributed by atoms with Gasteiger partial charge >= 0.3 is 18.0 Å². The number of carbonyl (C=O) groups is 4. The zero-order valence-electron chi connectivity index (χ0n) is 104. The number of piperidine rings is 1. The predicted molar refractivity (Wildman–Crippen MR) is 620 cm³/mol. The van der Waals surface area contributed by atoms with Crippen LogP contribution < -0.4 is 42.5 Å². The minimum Gasteiger partial charge on any atom is -0.468 e. The lowest BCUT2D eigenvalue weighted by molar-refractivity contribution is -0.154.